The molecule has 20 heavy (non-hydrogen) atoms. The first-order valence-electron chi connectivity index (χ1n) is 6.64. The minimum atomic E-state index is -0.0813. The molecule has 3 N–H and O–H groups in total. The zero-order chi connectivity index (χ0) is 14.9. The molecule has 1 amide bonds. The van der Waals surface area contributed by atoms with Crippen LogP contribution >= 0.6 is 0 Å². The van der Waals surface area contributed by atoms with Crippen molar-refractivity contribution < 1.29 is 4.79 Å². The number of hydrogen-bond acceptors (Lipinski definition) is 2. The van der Waals surface area contributed by atoms with Crippen molar-refractivity contribution in [2.24, 2.45) is 0 Å². The Balaban J connectivity index is 2.35. The Labute approximate surface area is 119 Å². The number of anilines is 2. The maximum absolute atomic E-state index is 12.4. The lowest BCUT2D eigenvalue weighted by atomic mass is 10.0. The molecule has 2 aromatic rings. The average molecular weight is 268 g/mol. The highest BCUT2D eigenvalue weighted by Crippen LogP contribution is 2.24. The Morgan fingerprint density at radius 1 is 0.950 bits per heavy atom. The standard InChI is InChI=1S/C17H20N2O/c1-10-5-6-11(2)15(7-10)17(20)19-16-12(3)8-14(18)9-13(16)4/h5-9H,18H2,1-4H3,(H,19,20). The van der Waals surface area contributed by atoms with E-state index < -0.39 is 0 Å². The topological polar surface area (TPSA) is 55.1 Å². The number of nitrogens with one attached hydrogen (secondary N) is 1. The normalized spacial score (nSPS) is 10.4. The highest BCUT2D eigenvalue weighted by Gasteiger charge is 2.12. The maximum Gasteiger partial charge on any atom is 0.255 e. The van der Waals surface area contributed by atoms with Crippen LogP contribution in [0.5, 0.6) is 0 Å². The van der Waals surface area contributed by atoms with Gasteiger partial charge in [-0.1, -0.05) is 17.7 Å². The maximum atomic E-state index is 12.4. The van der Waals surface area contributed by atoms with Gasteiger partial charge in [-0.25, -0.2) is 0 Å². The van der Waals surface area contributed by atoms with Crippen LogP contribution in [-0.4, -0.2) is 5.91 Å². The third-order valence-corrected chi connectivity index (χ3v) is 3.43. The number of aryl methyl sites for hydroxylation is 4. The molecule has 0 saturated carbocycles. The summed E-state index contributed by atoms with van der Waals surface area (Å²) in [7, 11) is 0. The molecule has 0 aliphatic carbocycles. The molecule has 104 valence electrons. The van der Waals surface area contributed by atoms with Gasteiger partial charge in [0.05, 0.1) is 0 Å². The summed E-state index contributed by atoms with van der Waals surface area (Å²) in [5, 5.41) is 3.00. The molecule has 0 aromatic heterocycles. The number of carbonyl (C=O) groups excluding carboxylic acids is 1. The number of carbonyl (C=O) groups is 1. The van der Waals surface area contributed by atoms with Crippen LogP contribution in [0.2, 0.25) is 0 Å². The van der Waals surface area contributed by atoms with Crippen molar-refractivity contribution in [1.29, 1.82) is 0 Å². The molecular weight excluding hydrogens is 248 g/mol. The molecule has 3 nitrogen and oxygen atoms in total. The first-order valence-corrected chi connectivity index (χ1v) is 6.64. The Bertz CT molecular complexity index is 652. The summed E-state index contributed by atoms with van der Waals surface area (Å²) in [5.74, 6) is -0.0813. The molecule has 0 fully saturated rings. The van der Waals surface area contributed by atoms with Gasteiger partial charge in [-0.2, -0.15) is 0 Å². The number of benzene rings is 2. The van der Waals surface area contributed by atoms with Gasteiger partial charge in [0.2, 0.25) is 0 Å². The van der Waals surface area contributed by atoms with Crippen molar-refractivity contribution in [2.45, 2.75) is 27.7 Å². The predicted octanol–water partition coefficient (Wildman–Crippen LogP) is 3.75. The van der Waals surface area contributed by atoms with E-state index in [1.807, 2.05) is 58.0 Å². The molecule has 2 rings (SSSR count). The highest BCUT2D eigenvalue weighted by molar-refractivity contribution is 6.06. The predicted molar refractivity (Wildman–Crippen MR) is 84.2 cm³/mol. The Kier molecular flexibility index (Phi) is 3.79. The van der Waals surface area contributed by atoms with E-state index in [0.717, 1.165) is 27.9 Å². The number of amides is 1. The van der Waals surface area contributed by atoms with Crippen molar-refractivity contribution in [3.8, 4) is 0 Å². The summed E-state index contributed by atoms with van der Waals surface area (Å²) in [6.07, 6.45) is 0. The van der Waals surface area contributed by atoms with E-state index >= 15 is 0 Å². The molecule has 2 aromatic carbocycles. The lowest BCUT2D eigenvalue weighted by molar-refractivity contribution is 0.102. The van der Waals surface area contributed by atoms with Gasteiger partial charge in [-0.05, 0) is 62.6 Å². The largest absolute Gasteiger partial charge is 0.399 e. The Hall–Kier alpha value is -2.29. The number of rotatable bonds is 2. The van der Waals surface area contributed by atoms with E-state index in [9.17, 15) is 4.79 Å². The van der Waals surface area contributed by atoms with E-state index in [0.29, 0.717) is 11.3 Å². The van der Waals surface area contributed by atoms with Crippen LogP contribution in [0.3, 0.4) is 0 Å². The molecule has 0 aliphatic heterocycles. The lowest BCUT2D eigenvalue weighted by Crippen LogP contribution is -2.15. The molecule has 0 saturated heterocycles. The van der Waals surface area contributed by atoms with Crippen LogP contribution in [0.15, 0.2) is 30.3 Å². The quantitative estimate of drug-likeness (QED) is 0.815. The SMILES string of the molecule is Cc1ccc(C)c(C(=O)Nc2c(C)cc(N)cc2C)c1. The molecule has 0 atom stereocenters. The van der Waals surface area contributed by atoms with E-state index in [2.05, 4.69) is 5.32 Å². The van der Waals surface area contributed by atoms with Crippen molar-refractivity contribution >= 4 is 17.3 Å². The fourth-order valence-electron chi connectivity index (χ4n) is 2.36. The van der Waals surface area contributed by atoms with Gasteiger partial charge in [0.25, 0.3) is 5.91 Å². The Morgan fingerprint density at radius 3 is 2.15 bits per heavy atom. The molecule has 0 radical (unpaired) electrons. The second kappa shape index (κ2) is 5.37. The highest BCUT2D eigenvalue weighted by atomic mass is 16.1. The van der Waals surface area contributed by atoms with Crippen molar-refractivity contribution in [3.63, 3.8) is 0 Å². The second-order valence-electron chi connectivity index (χ2n) is 5.30. The van der Waals surface area contributed by atoms with Crippen molar-refractivity contribution in [2.75, 3.05) is 11.1 Å². The van der Waals surface area contributed by atoms with Gasteiger partial charge in [0.15, 0.2) is 0 Å². The van der Waals surface area contributed by atoms with Crippen molar-refractivity contribution in [3.05, 3.63) is 58.1 Å². The summed E-state index contributed by atoms with van der Waals surface area (Å²) in [6, 6.07) is 9.61. The van der Waals surface area contributed by atoms with Gasteiger partial charge in [-0.3, -0.25) is 4.79 Å². The average Bonchev–Trinajstić information content (AvgIpc) is 2.36. The number of nitrogen functional groups attached to an aromatic ring is 1. The van der Waals surface area contributed by atoms with Gasteiger partial charge >= 0.3 is 0 Å². The van der Waals surface area contributed by atoms with Crippen LogP contribution < -0.4 is 11.1 Å². The van der Waals surface area contributed by atoms with Gasteiger partial charge in [0, 0.05) is 16.9 Å². The third-order valence-electron chi connectivity index (χ3n) is 3.43. The first kappa shape index (κ1) is 14.1. The summed E-state index contributed by atoms with van der Waals surface area (Å²) in [4.78, 5) is 12.4. The monoisotopic (exact) mass is 268 g/mol. The van der Waals surface area contributed by atoms with Gasteiger partial charge < -0.3 is 11.1 Å². The lowest BCUT2D eigenvalue weighted by Gasteiger charge is -2.14. The fourth-order valence-corrected chi connectivity index (χ4v) is 2.36. The smallest absolute Gasteiger partial charge is 0.255 e. The minimum absolute atomic E-state index is 0.0813. The minimum Gasteiger partial charge on any atom is -0.399 e. The summed E-state index contributed by atoms with van der Waals surface area (Å²) in [6.45, 7) is 7.82. The zero-order valence-electron chi connectivity index (χ0n) is 12.4. The molecule has 0 spiro atoms. The third kappa shape index (κ3) is 2.82. The number of hydrogen-bond donors (Lipinski definition) is 2. The zero-order valence-corrected chi connectivity index (χ0v) is 12.4. The van der Waals surface area contributed by atoms with Crippen LogP contribution in [0.4, 0.5) is 11.4 Å². The van der Waals surface area contributed by atoms with Crippen LogP contribution in [0.1, 0.15) is 32.6 Å². The molecule has 0 aliphatic rings. The molecular formula is C17H20N2O. The van der Waals surface area contributed by atoms with Crippen LogP contribution in [0.25, 0.3) is 0 Å². The summed E-state index contributed by atoms with van der Waals surface area (Å²) in [5.41, 5.74) is 12.1. The molecule has 0 unspecified atom stereocenters. The van der Waals surface area contributed by atoms with E-state index in [4.69, 9.17) is 5.73 Å². The number of nitrogens with two attached hydrogens (primary N) is 1. The second-order valence-corrected chi connectivity index (χ2v) is 5.30. The summed E-state index contributed by atoms with van der Waals surface area (Å²) >= 11 is 0. The van der Waals surface area contributed by atoms with Gasteiger partial charge in [0.1, 0.15) is 0 Å². The molecule has 0 heterocycles. The van der Waals surface area contributed by atoms with Crippen LogP contribution in [0, 0.1) is 27.7 Å². The Morgan fingerprint density at radius 2 is 1.55 bits per heavy atom. The fraction of sp³-hybridized carbons (Fsp3) is 0.235. The first-order chi connectivity index (χ1) is 9.38. The van der Waals surface area contributed by atoms with E-state index in [1.54, 1.807) is 0 Å². The molecule has 0 bridgehead atoms. The van der Waals surface area contributed by atoms with E-state index in [1.165, 1.54) is 0 Å². The summed E-state index contributed by atoms with van der Waals surface area (Å²) < 4.78 is 0. The van der Waals surface area contributed by atoms with Gasteiger partial charge in [-0.15, -0.1) is 0 Å². The van der Waals surface area contributed by atoms with Crippen molar-refractivity contribution in [1.82, 2.24) is 0 Å². The molecule has 3 heteroatoms. The van der Waals surface area contributed by atoms with E-state index in [-0.39, 0.29) is 5.91 Å². The van der Waals surface area contributed by atoms with Crippen LogP contribution in [-0.2, 0) is 0 Å².